The van der Waals surface area contributed by atoms with Gasteiger partial charge in [-0.05, 0) is 12.1 Å². The molecule has 1 N–H and O–H groups in total. The van der Waals surface area contributed by atoms with Gasteiger partial charge in [-0.25, -0.2) is 13.4 Å². The number of benzene rings is 1. The van der Waals surface area contributed by atoms with Crippen molar-refractivity contribution < 1.29 is 13.2 Å². The molecule has 24 heavy (non-hydrogen) atoms. The van der Waals surface area contributed by atoms with Crippen molar-refractivity contribution in [2.75, 3.05) is 37.7 Å². The van der Waals surface area contributed by atoms with Gasteiger partial charge >= 0.3 is 0 Å². The van der Waals surface area contributed by atoms with E-state index in [0.717, 1.165) is 15.2 Å². The largest absolute Gasteiger partial charge is 0.354 e. The van der Waals surface area contributed by atoms with Gasteiger partial charge in [-0.1, -0.05) is 19.1 Å². The molecule has 1 atom stereocenters. The summed E-state index contributed by atoms with van der Waals surface area (Å²) in [7, 11) is -2.91. The molecule has 8 heteroatoms. The third-order valence-electron chi connectivity index (χ3n) is 4.14. The van der Waals surface area contributed by atoms with E-state index < -0.39 is 9.84 Å². The van der Waals surface area contributed by atoms with Crippen LogP contribution in [0.5, 0.6) is 0 Å². The Labute approximate surface area is 145 Å². The van der Waals surface area contributed by atoms with E-state index >= 15 is 0 Å². The number of fused-ring (bicyclic) bond motifs is 1. The number of thiazole rings is 1. The highest BCUT2D eigenvalue weighted by Crippen LogP contribution is 2.26. The van der Waals surface area contributed by atoms with Gasteiger partial charge < -0.3 is 5.32 Å². The zero-order valence-corrected chi connectivity index (χ0v) is 15.2. The van der Waals surface area contributed by atoms with Gasteiger partial charge in [0.05, 0.1) is 33.3 Å². The first kappa shape index (κ1) is 17.3. The van der Waals surface area contributed by atoms with Crippen LogP contribution in [0, 0.1) is 0 Å². The van der Waals surface area contributed by atoms with Gasteiger partial charge in [-0.3, -0.25) is 9.69 Å². The number of rotatable bonds is 5. The third kappa shape index (κ3) is 4.31. The van der Waals surface area contributed by atoms with Crippen LogP contribution in [0.25, 0.3) is 10.2 Å². The van der Waals surface area contributed by atoms with E-state index in [1.54, 1.807) is 11.3 Å². The minimum atomic E-state index is -2.91. The van der Waals surface area contributed by atoms with E-state index in [1.807, 2.05) is 36.1 Å². The number of hydrogen-bond acceptors (Lipinski definition) is 6. The number of carbonyl (C=O) groups is 1. The van der Waals surface area contributed by atoms with Crippen LogP contribution in [0.4, 0.5) is 0 Å². The summed E-state index contributed by atoms with van der Waals surface area (Å²) in [5.41, 5.74) is 0.991. The molecule has 0 saturated carbocycles. The summed E-state index contributed by atoms with van der Waals surface area (Å²) in [5.74, 6) is 0.362. The first-order chi connectivity index (χ1) is 11.4. The molecule has 6 nitrogen and oxygen atoms in total. The second-order valence-corrected chi connectivity index (χ2v) is 9.52. The Kier molecular flexibility index (Phi) is 5.17. The monoisotopic (exact) mass is 367 g/mol. The van der Waals surface area contributed by atoms with Crippen molar-refractivity contribution >= 4 is 37.3 Å². The predicted molar refractivity (Wildman–Crippen MR) is 96.1 cm³/mol. The fraction of sp³-hybridized carbons (Fsp3) is 0.500. The van der Waals surface area contributed by atoms with Gasteiger partial charge in [-0.15, -0.1) is 11.3 Å². The molecule has 130 valence electrons. The summed E-state index contributed by atoms with van der Waals surface area (Å²) in [6.07, 6.45) is 0. The Morgan fingerprint density at radius 2 is 2.04 bits per heavy atom. The second kappa shape index (κ2) is 7.16. The van der Waals surface area contributed by atoms with Gasteiger partial charge in [0.15, 0.2) is 9.84 Å². The molecule has 0 bridgehead atoms. The molecule has 1 aromatic heterocycles. The Hall–Kier alpha value is -1.51. The van der Waals surface area contributed by atoms with E-state index in [2.05, 4.69) is 10.3 Å². The lowest BCUT2D eigenvalue weighted by atomic mass is 10.2. The normalized spacial score (nSPS) is 19.2. The summed E-state index contributed by atoms with van der Waals surface area (Å²) >= 11 is 1.65. The summed E-state index contributed by atoms with van der Waals surface area (Å²) < 4.78 is 23.9. The first-order valence-electron chi connectivity index (χ1n) is 7.98. The Morgan fingerprint density at radius 1 is 1.33 bits per heavy atom. The van der Waals surface area contributed by atoms with Crippen molar-refractivity contribution in [1.29, 1.82) is 0 Å². The lowest BCUT2D eigenvalue weighted by molar-refractivity contribution is -0.122. The summed E-state index contributed by atoms with van der Waals surface area (Å²) in [5, 5.41) is 3.94. The van der Waals surface area contributed by atoms with Crippen molar-refractivity contribution in [2.45, 2.75) is 12.8 Å². The lowest BCUT2D eigenvalue weighted by Crippen LogP contribution is -2.45. The SMILES string of the molecule is CC(CNC(=O)CN1CCS(=O)(=O)CC1)c1nc2ccccc2s1. The number of carbonyl (C=O) groups excluding carboxylic acids is 1. The van der Waals surface area contributed by atoms with Crippen LogP contribution >= 0.6 is 11.3 Å². The number of nitrogens with zero attached hydrogens (tertiary/aromatic N) is 2. The molecule has 1 saturated heterocycles. The van der Waals surface area contributed by atoms with Gasteiger partial charge in [0.25, 0.3) is 0 Å². The molecule has 1 amide bonds. The van der Waals surface area contributed by atoms with Crippen molar-refractivity contribution in [3.8, 4) is 0 Å². The van der Waals surface area contributed by atoms with Crippen LogP contribution in [0.3, 0.4) is 0 Å². The zero-order chi connectivity index (χ0) is 17.2. The molecule has 0 aliphatic carbocycles. The van der Waals surface area contributed by atoms with Crippen molar-refractivity contribution in [3.63, 3.8) is 0 Å². The van der Waals surface area contributed by atoms with E-state index in [4.69, 9.17) is 0 Å². The summed E-state index contributed by atoms with van der Waals surface area (Å²) in [6.45, 7) is 3.70. The number of sulfone groups is 1. The molecule has 0 radical (unpaired) electrons. The van der Waals surface area contributed by atoms with E-state index in [1.165, 1.54) is 0 Å². The van der Waals surface area contributed by atoms with Crippen LogP contribution < -0.4 is 5.32 Å². The fourth-order valence-electron chi connectivity index (χ4n) is 2.62. The minimum Gasteiger partial charge on any atom is -0.354 e. The van der Waals surface area contributed by atoms with E-state index in [-0.39, 0.29) is 29.9 Å². The van der Waals surface area contributed by atoms with Crippen LogP contribution in [0.2, 0.25) is 0 Å². The van der Waals surface area contributed by atoms with Crippen LogP contribution in [-0.4, -0.2) is 61.9 Å². The molecule has 1 fully saturated rings. The van der Waals surface area contributed by atoms with Gasteiger partial charge in [-0.2, -0.15) is 0 Å². The van der Waals surface area contributed by atoms with Crippen LogP contribution in [0.15, 0.2) is 24.3 Å². The summed E-state index contributed by atoms with van der Waals surface area (Å²) in [6, 6.07) is 8.00. The highest BCUT2D eigenvalue weighted by atomic mass is 32.2. The van der Waals surface area contributed by atoms with Gasteiger partial charge in [0.1, 0.15) is 0 Å². The molecule has 1 aliphatic heterocycles. The number of hydrogen-bond donors (Lipinski definition) is 1. The lowest BCUT2D eigenvalue weighted by Gasteiger charge is -2.25. The minimum absolute atomic E-state index is 0.0674. The highest BCUT2D eigenvalue weighted by Gasteiger charge is 2.23. The number of amides is 1. The van der Waals surface area contributed by atoms with Gasteiger partial charge in [0, 0.05) is 25.6 Å². The van der Waals surface area contributed by atoms with Crippen molar-refractivity contribution in [2.24, 2.45) is 0 Å². The maximum Gasteiger partial charge on any atom is 0.234 e. The van der Waals surface area contributed by atoms with E-state index in [0.29, 0.717) is 19.6 Å². The highest BCUT2D eigenvalue weighted by molar-refractivity contribution is 7.91. The molecule has 1 aliphatic rings. The standard InChI is InChI=1S/C16H21N3O3S2/c1-12(16-18-13-4-2-3-5-14(13)23-16)10-17-15(20)11-19-6-8-24(21,22)9-7-19/h2-5,12H,6-11H2,1H3,(H,17,20). The Balaban J connectivity index is 1.49. The maximum atomic E-state index is 12.1. The average Bonchev–Trinajstić information content (AvgIpc) is 2.99. The Bertz CT molecular complexity index is 785. The molecular formula is C16H21N3O3S2. The molecule has 1 unspecified atom stereocenters. The van der Waals surface area contributed by atoms with Crippen molar-refractivity contribution in [1.82, 2.24) is 15.2 Å². The average molecular weight is 367 g/mol. The third-order valence-corrected chi connectivity index (χ3v) is 7.02. The Morgan fingerprint density at radius 3 is 2.75 bits per heavy atom. The summed E-state index contributed by atoms with van der Waals surface area (Å²) in [4.78, 5) is 18.6. The van der Waals surface area contributed by atoms with E-state index in [9.17, 15) is 13.2 Å². The maximum absolute atomic E-state index is 12.1. The number of para-hydroxylation sites is 1. The molecule has 2 heterocycles. The smallest absolute Gasteiger partial charge is 0.234 e. The van der Waals surface area contributed by atoms with Crippen LogP contribution in [-0.2, 0) is 14.6 Å². The first-order valence-corrected chi connectivity index (χ1v) is 10.6. The quantitative estimate of drug-likeness (QED) is 0.860. The predicted octanol–water partition coefficient (Wildman–Crippen LogP) is 1.25. The molecule has 1 aromatic carbocycles. The zero-order valence-electron chi connectivity index (χ0n) is 13.6. The van der Waals surface area contributed by atoms with Crippen molar-refractivity contribution in [3.05, 3.63) is 29.3 Å². The number of aromatic nitrogens is 1. The fourth-order valence-corrected chi connectivity index (χ4v) is 4.92. The molecular weight excluding hydrogens is 346 g/mol. The molecule has 0 spiro atoms. The topological polar surface area (TPSA) is 79.4 Å². The molecule has 3 rings (SSSR count). The van der Waals surface area contributed by atoms with Gasteiger partial charge in [0.2, 0.25) is 5.91 Å². The number of nitrogens with one attached hydrogen (secondary N) is 1. The second-order valence-electron chi connectivity index (χ2n) is 6.15. The van der Waals surface area contributed by atoms with Crippen LogP contribution in [0.1, 0.15) is 17.8 Å². The molecule has 2 aromatic rings.